The molecule has 3 heteroatoms. The van der Waals surface area contributed by atoms with Crippen molar-refractivity contribution in [3.8, 4) is 0 Å². The first-order valence-electron chi connectivity index (χ1n) is 8.08. The van der Waals surface area contributed by atoms with Gasteiger partial charge in [0.2, 0.25) is 0 Å². The van der Waals surface area contributed by atoms with E-state index in [1.54, 1.807) is 12.1 Å². The third-order valence-electron chi connectivity index (χ3n) is 5.76. The quantitative estimate of drug-likeness (QED) is 0.758. The second-order valence-corrected chi connectivity index (χ2v) is 9.35. The van der Waals surface area contributed by atoms with Crippen molar-refractivity contribution in [3.63, 3.8) is 0 Å². The highest BCUT2D eigenvalue weighted by atomic mass is 32.2. The molecule has 0 aromatic heterocycles. The van der Waals surface area contributed by atoms with E-state index >= 15 is 0 Å². The lowest BCUT2D eigenvalue weighted by Gasteiger charge is -2.44. The molecule has 2 aliphatic rings. The van der Waals surface area contributed by atoms with Crippen molar-refractivity contribution in [2.45, 2.75) is 43.3 Å². The van der Waals surface area contributed by atoms with Crippen LogP contribution in [0.3, 0.4) is 0 Å². The number of hydrogen-bond acceptors (Lipinski definition) is 2. The summed E-state index contributed by atoms with van der Waals surface area (Å²) in [4.78, 5) is 0.414. The van der Waals surface area contributed by atoms with E-state index in [0.717, 1.165) is 17.6 Å². The number of fused-ring (bicyclic) bond motifs is 1. The molecule has 122 valence electrons. The van der Waals surface area contributed by atoms with Gasteiger partial charge in [0.25, 0.3) is 0 Å². The second kappa shape index (κ2) is 5.20. The van der Waals surface area contributed by atoms with Crippen molar-refractivity contribution in [2.75, 3.05) is 0 Å². The molecule has 2 nitrogen and oxygen atoms in total. The molecule has 0 amide bonds. The Morgan fingerprint density at radius 2 is 1.78 bits per heavy atom. The Morgan fingerprint density at radius 3 is 2.39 bits per heavy atom. The molecule has 0 aliphatic heterocycles. The van der Waals surface area contributed by atoms with Gasteiger partial charge in [-0.3, -0.25) is 0 Å². The molecular weight excluding hydrogens is 304 g/mol. The summed E-state index contributed by atoms with van der Waals surface area (Å²) in [6, 6.07) is 7.21. The highest BCUT2D eigenvalue weighted by Gasteiger charge is 2.62. The van der Waals surface area contributed by atoms with Crippen LogP contribution in [0.5, 0.6) is 0 Å². The van der Waals surface area contributed by atoms with E-state index in [1.807, 2.05) is 44.2 Å². The predicted molar refractivity (Wildman–Crippen MR) is 95.0 cm³/mol. The molecule has 1 aromatic carbocycles. The molecule has 3 atom stereocenters. The Morgan fingerprint density at radius 1 is 1.17 bits per heavy atom. The van der Waals surface area contributed by atoms with E-state index in [1.165, 1.54) is 0 Å². The SMILES string of the molecule is C=C(C)[C@H]1CC[C@]2(S(=O)(=O)c3ccc(C)cc3)C=CC=C[C@]12C. The molecule has 3 rings (SSSR count). The molecule has 0 radical (unpaired) electrons. The molecule has 2 aliphatic carbocycles. The van der Waals surface area contributed by atoms with Gasteiger partial charge in [-0.2, -0.15) is 0 Å². The fraction of sp³-hybridized carbons (Fsp3) is 0.400. The zero-order chi connectivity index (χ0) is 16.9. The molecule has 0 unspecified atom stereocenters. The first-order valence-corrected chi connectivity index (χ1v) is 9.57. The maximum absolute atomic E-state index is 13.6. The molecule has 0 N–H and O–H groups in total. The molecule has 0 heterocycles. The van der Waals surface area contributed by atoms with Crippen LogP contribution < -0.4 is 0 Å². The van der Waals surface area contributed by atoms with E-state index in [-0.39, 0.29) is 5.92 Å². The van der Waals surface area contributed by atoms with Gasteiger partial charge in [-0.1, -0.05) is 61.1 Å². The number of allylic oxidation sites excluding steroid dienone is 4. The van der Waals surface area contributed by atoms with Gasteiger partial charge < -0.3 is 0 Å². The lowest BCUT2D eigenvalue weighted by atomic mass is 9.69. The normalized spacial score (nSPS) is 32.7. The molecular formula is C20H24O2S. The monoisotopic (exact) mass is 328 g/mol. The zero-order valence-electron chi connectivity index (χ0n) is 14.0. The molecule has 0 spiro atoms. The van der Waals surface area contributed by atoms with Crippen LogP contribution in [0.1, 0.15) is 32.3 Å². The van der Waals surface area contributed by atoms with Gasteiger partial charge in [-0.25, -0.2) is 8.42 Å². The molecule has 1 fully saturated rings. The number of aryl methyl sites for hydroxylation is 1. The minimum atomic E-state index is -3.48. The third kappa shape index (κ3) is 2.09. The summed E-state index contributed by atoms with van der Waals surface area (Å²) >= 11 is 0. The van der Waals surface area contributed by atoms with Gasteiger partial charge >= 0.3 is 0 Å². The van der Waals surface area contributed by atoms with Crippen molar-refractivity contribution in [2.24, 2.45) is 11.3 Å². The van der Waals surface area contributed by atoms with Crippen LogP contribution in [0, 0.1) is 18.3 Å². The number of rotatable bonds is 3. The van der Waals surface area contributed by atoms with Gasteiger partial charge in [0.15, 0.2) is 9.84 Å². The molecule has 0 bridgehead atoms. The fourth-order valence-electron chi connectivity index (χ4n) is 4.41. The average Bonchev–Trinajstić information content (AvgIpc) is 2.82. The maximum atomic E-state index is 13.6. The van der Waals surface area contributed by atoms with Gasteiger partial charge in [-0.05, 0) is 44.7 Å². The third-order valence-corrected chi connectivity index (χ3v) is 8.40. The lowest BCUT2D eigenvalue weighted by molar-refractivity contribution is 0.304. The number of benzene rings is 1. The predicted octanol–water partition coefficient (Wildman–Crippen LogP) is 4.63. The Bertz CT molecular complexity index is 799. The summed E-state index contributed by atoms with van der Waals surface area (Å²) in [5.74, 6) is 0.184. The first-order chi connectivity index (χ1) is 10.7. The average molecular weight is 328 g/mol. The van der Waals surface area contributed by atoms with Gasteiger partial charge in [0.1, 0.15) is 4.75 Å². The van der Waals surface area contributed by atoms with E-state index in [0.29, 0.717) is 11.3 Å². The van der Waals surface area contributed by atoms with Crippen molar-refractivity contribution in [1.82, 2.24) is 0 Å². The standard InChI is InChI=1S/C20H24O2S/c1-15(2)18-11-14-20(13-6-5-12-19(18,20)4)23(21,22)17-9-7-16(3)8-10-17/h5-10,12-13,18H,1,11,14H2,2-4H3/t18-,19-,20-/m1/s1. The number of sulfone groups is 1. The van der Waals surface area contributed by atoms with Crippen LogP contribution in [0.4, 0.5) is 0 Å². The van der Waals surface area contributed by atoms with E-state index in [4.69, 9.17) is 0 Å². The van der Waals surface area contributed by atoms with Crippen LogP contribution in [0.25, 0.3) is 0 Å². The van der Waals surface area contributed by atoms with Crippen LogP contribution >= 0.6 is 0 Å². The topological polar surface area (TPSA) is 34.1 Å². The maximum Gasteiger partial charge on any atom is 0.188 e. The lowest BCUT2D eigenvalue weighted by Crippen LogP contribution is -2.49. The van der Waals surface area contributed by atoms with Crippen molar-refractivity contribution < 1.29 is 8.42 Å². The van der Waals surface area contributed by atoms with Crippen LogP contribution in [-0.2, 0) is 9.84 Å². The summed E-state index contributed by atoms with van der Waals surface area (Å²) in [5, 5.41) is 0. The fourth-order valence-corrected chi connectivity index (χ4v) is 6.76. The van der Waals surface area contributed by atoms with Gasteiger partial charge in [-0.15, -0.1) is 0 Å². The van der Waals surface area contributed by atoms with Crippen molar-refractivity contribution >= 4 is 9.84 Å². The van der Waals surface area contributed by atoms with Crippen LogP contribution in [0.15, 0.2) is 65.6 Å². The van der Waals surface area contributed by atoms with E-state index in [2.05, 4.69) is 19.6 Å². The zero-order valence-corrected chi connectivity index (χ0v) is 14.9. The van der Waals surface area contributed by atoms with Crippen LogP contribution in [-0.4, -0.2) is 13.2 Å². The summed E-state index contributed by atoms with van der Waals surface area (Å²) in [7, 11) is -3.48. The minimum Gasteiger partial charge on any atom is -0.223 e. The van der Waals surface area contributed by atoms with Crippen molar-refractivity contribution in [3.05, 3.63) is 66.3 Å². The highest BCUT2D eigenvalue weighted by Crippen LogP contribution is 2.60. The highest BCUT2D eigenvalue weighted by molar-refractivity contribution is 7.93. The molecule has 0 saturated heterocycles. The number of hydrogen-bond donors (Lipinski definition) is 0. The minimum absolute atomic E-state index is 0.184. The summed E-state index contributed by atoms with van der Waals surface area (Å²) in [6.45, 7) is 10.2. The summed E-state index contributed by atoms with van der Waals surface area (Å²) in [5.41, 5.74) is 1.68. The molecule has 1 saturated carbocycles. The smallest absolute Gasteiger partial charge is 0.188 e. The summed E-state index contributed by atoms with van der Waals surface area (Å²) < 4.78 is 26.2. The van der Waals surface area contributed by atoms with E-state index in [9.17, 15) is 8.42 Å². The van der Waals surface area contributed by atoms with Crippen molar-refractivity contribution in [1.29, 1.82) is 0 Å². The Kier molecular flexibility index (Phi) is 3.68. The first kappa shape index (κ1) is 16.3. The van der Waals surface area contributed by atoms with Gasteiger partial charge in [0.05, 0.1) is 4.90 Å². The Hall–Kier alpha value is -1.61. The van der Waals surface area contributed by atoms with Gasteiger partial charge in [0, 0.05) is 5.41 Å². The Balaban J connectivity index is 2.20. The van der Waals surface area contributed by atoms with Crippen LogP contribution in [0.2, 0.25) is 0 Å². The Labute approximate surface area is 139 Å². The molecule has 23 heavy (non-hydrogen) atoms. The van der Waals surface area contributed by atoms with E-state index < -0.39 is 20.0 Å². The molecule has 1 aromatic rings. The summed E-state index contributed by atoms with van der Waals surface area (Å²) in [6.07, 6.45) is 9.33. The second-order valence-electron chi connectivity index (χ2n) is 7.14. The largest absolute Gasteiger partial charge is 0.223 e.